The van der Waals surface area contributed by atoms with Crippen LogP contribution in [0.15, 0.2) is 23.0 Å². The summed E-state index contributed by atoms with van der Waals surface area (Å²) in [7, 11) is 0. The molecule has 74 valence electrons. The van der Waals surface area contributed by atoms with Gasteiger partial charge in [-0.2, -0.15) is 0 Å². The van der Waals surface area contributed by atoms with E-state index in [9.17, 15) is 5.11 Å². The molecule has 0 aromatic carbocycles. The van der Waals surface area contributed by atoms with Crippen molar-refractivity contribution in [3.8, 4) is 0 Å². The van der Waals surface area contributed by atoms with Gasteiger partial charge in [-0.1, -0.05) is 13.8 Å². The third kappa shape index (κ3) is 2.86. The lowest BCUT2D eigenvalue weighted by molar-refractivity contribution is 0.0543. The Balaban J connectivity index is 2.56. The van der Waals surface area contributed by atoms with Gasteiger partial charge in [-0.05, 0) is 13.0 Å². The van der Waals surface area contributed by atoms with Gasteiger partial charge in [0.2, 0.25) is 0 Å². The SMILES string of the molecule is CC(C)NCC(C)(O)c1ccoc1. The third-order valence-electron chi connectivity index (χ3n) is 2.00. The molecule has 2 N–H and O–H groups in total. The van der Waals surface area contributed by atoms with Gasteiger partial charge in [0.25, 0.3) is 0 Å². The van der Waals surface area contributed by atoms with Gasteiger partial charge in [-0.3, -0.25) is 0 Å². The maximum Gasteiger partial charge on any atom is 0.102 e. The molecule has 1 unspecified atom stereocenters. The molecule has 0 aliphatic carbocycles. The largest absolute Gasteiger partial charge is 0.472 e. The molecular weight excluding hydrogens is 166 g/mol. The minimum absolute atomic E-state index is 0.373. The summed E-state index contributed by atoms with van der Waals surface area (Å²) in [4.78, 5) is 0. The van der Waals surface area contributed by atoms with E-state index in [2.05, 4.69) is 5.32 Å². The standard InChI is InChI=1S/C10H17NO2/c1-8(2)11-7-10(3,12)9-4-5-13-6-9/h4-6,8,11-12H,7H2,1-3H3. The van der Waals surface area contributed by atoms with Crippen molar-refractivity contribution < 1.29 is 9.52 Å². The van der Waals surface area contributed by atoms with Crippen molar-refractivity contribution in [2.45, 2.75) is 32.4 Å². The molecule has 0 amide bonds. The molecule has 1 heterocycles. The van der Waals surface area contributed by atoms with Gasteiger partial charge < -0.3 is 14.8 Å². The Morgan fingerprint density at radius 2 is 2.31 bits per heavy atom. The number of aliphatic hydroxyl groups is 1. The number of furan rings is 1. The minimum Gasteiger partial charge on any atom is -0.472 e. The average Bonchev–Trinajstić information content (AvgIpc) is 2.53. The van der Waals surface area contributed by atoms with Gasteiger partial charge >= 0.3 is 0 Å². The highest BCUT2D eigenvalue weighted by Crippen LogP contribution is 2.19. The summed E-state index contributed by atoms with van der Waals surface area (Å²) in [6, 6.07) is 2.15. The van der Waals surface area contributed by atoms with Gasteiger partial charge in [0.05, 0.1) is 12.5 Å². The fourth-order valence-corrected chi connectivity index (χ4v) is 1.08. The van der Waals surface area contributed by atoms with Crippen LogP contribution >= 0.6 is 0 Å². The number of rotatable bonds is 4. The predicted molar refractivity (Wildman–Crippen MR) is 51.4 cm³/mol. The molecule has 0 aliphatic rings. The molecule has 0 bridgehead atoms. The topological polar surface area (TPSA) is 45.4 Å². The van der Waals surface area contributed by atoms with E-state index in [1.54, 1.807) is 25.5 Å². The van der Waals surface area contributed by atoms with E-state index in [1.165, 1.54) is 0 Å². The van der Waals surface area contributed by atoms with E-state index in [1.807, 2.05) is 13.8 Å². The monoisotopic (exact) mass is 183 g/mol. The maximum atomic E-state index is 10.0. The first-order valence-electron chi connectivity index (χ1n) is 4.51. The van der Waals surface area contributed by atoms with Crippen LogP contribution in [-0.4, -0.2) is 17.7 Å². The van der Waals surface area contributed by atoms with Crippen LogP contribution in [0.5, 0.6) is 0 Å². The van der Waals surface area contributed by atoms with Crippen LogP contribution in [0.25, 0.3) is 0 Å². The first-order valence-corrected chi connectivity index (χ1v) is 4.51. The summed E-state index contributed by atoms with van der Waals surface area (Å²) >= 11 is 0. The van der Waals surface area contributed by atoms with E-state index in [4.69, 9.17) is 4.42 Å². The molecule has 3 nitrogen and oxygen atoms in total. The molecule has 13 heavy (non-hydrogen) atoms. The predicted octanol–water partition coefficient (Wildman–Crippen LogP) is 1.49. The van der Waals surface area contributed by atoms with Crippen molar-refractivity contribution in [2.75, 3.05) is 6.54 Å². The van der Waals surface area contributed by atoms with E-state index < -0.39 is 5.60 Å². The lowest BCUT2D eigenvalue weighted by Crippen LogP contribution is -2.38. The summed E-state index contributed by atoms with van der Waals surface area (Å²) < 4.78 is 4.92. The Kier molecular flexibility index (Phi) is 3.12. The van der Waals surface area contributed by atoms with Gasteiger partial charge in [0, 0.05) is 18.2 Å². The van der Waals surface area contributed by atoms with Crippen LogP contribution in [0.1, 0.15) is 26.3 Å². The van der Waals surface area contributed by atoms with Crippen LogP contribution in [-0.2, 0) is 5.60 Å². The first kappa shape index (κ1) is 10.3. The highest BCUT2D eigenvalue weighted by Gasteiger charge is 2.23. The van der Waals surface area contributed by atoms with Crippen molar-refractivity contribution in [3.63, 3.8) is 0 Å². The summed E-state index contributed by atoms with van der Waals surface area (Å²) in [5, 5.41) is 13.2. The molecule has 1 atom stereocenters. The van der Waals surface area contributed by atoms with Gasteiger partial charge in [0.15, 0.2) is 0 Å². The third-order valence-corrected chi connectivity index (χ3v) is 2.00. The van der Waals surface area contributed by atoms with Crippen molar-refractivity contribution in [3.05, 3.63) is 24.2 Å². The normalized spacial score (nSPS) is 16.1. The Labute approximate surface area is 78.8 Å². The lowest BCUT2D eigenvalue weighted by atomic mass is 9.99. The summed E-state index contributed by atoms with van der Waals surface area (Å²) in [6.45, 7) is 6.40. The van der Waals surface area contributed by atoms with Gasteiger partial charge in [0.1, 0.15) is 5.60 Å². The van der Waals surface area contributed by atoms with E-state index in [-0.39, 0.29) is 0 Å². The second kappa shape index (κ2) is 3.94. The zero-order chi connectivity index (χ0) is 9.90. The Morgan fingerprint density at radius 3 is 2.77 bits per heavy atom. The number of hydrogen-bond acceptors (Lipinski definition) is 3. The molecule has 0 saturated heterocycles. The van der Waals surface area contributed by atoms with Crippen LogP contribution < -0.4 is 5.32 Å². The zero-order valence-corrected chi connectivity index (χ0v) is 8.37. The molecule has 0 aliphatic heterocycles. The van der Waals surface area contributed by atoms with Crippen LogP contribution in [0.4, 0.5) is 0 Å². The molecule has 1 aromatic rings. The van der Waals surface area contributed by atoms with Crippen molar-refractivity contribution >= 4 is 0 Å². The fourth-order valence-electron chi connectivity index (χ4n) is 1.08. The Bertz CT molecular complexity index is 239. The molecule has 0 saturated carbocycles. The molecule has 3 heteroatoms. The molecular formula is C10H17NO2. The van der Waals surface area contributed by atoms with Crippen LogP contribution in [0, 0.1) is 0 Å². The molecule has 1 aromatic heterocycles. The summed E-state index contributed by atoms with van der Waals surface area (Å²) in [5.41, 5.74) is -0.0438. The van der Waals surface area contributed by atoms with E-state index >= 15 is 0 Å². The van der Waals surface area contributed by atoms with Crippen molar-refractivity contribution in [1.82, 2.24) is 5.32 Å². The fraction of sp³-hybridized carbons (Fsp3) is 0.600. The summed E-state index contributed by atoms with van der Waals surface area (Å²) in [6.07, 6.45) is 3.14. The van der Waals surface area contributed by atoms with Crippen molar-refractivity contribution in [1.29, 1.82) is 0 Å². The average molecular weight is 183 g/mol. The molecule has 0 spiro atoms. The number of hydrogen-bond donors (Lipinski definition) is 2. The summed E-state index contributed by atoms with van der Waals surface area (Å²) in [5.74, 6) is 0. The van der Waals surface area contributed by atoms with E-state index in [0.29, 0.717) is 12.6 Å². The van der Waals surface area contributed by atoms with Crippen LogP contribution in [0.2, 0.25) is 0 Å². The van der Waals surface area contributed by atoms with Crippen molar-refractivity contribution in [2.24, 2.45) is 0 Å². The second-order valence-electron chi connectivity index (χ2n) is 3.82. The number of nitrogens with one attached hydrogen (secondary N) is 1. The second-order valence-corrected chi connectivity index (χ2v) is 3.82. The van der Waals surface area contributed by atoms with Crippen LogP contribution in [0.3, 0.4) is 0 Å². The smallest absolute Gasteiger partial charge is 0.102 e. The quantitative estimate of drug-likeness (QED) is 0.743. The van der Waals surface area contributed by atoms with E-state index in [0.717, 1.165) is 5.56 Å². The molecule has 0 radical (unpaired) electrons. The maximum absolute atomic E-state index is 10.0. The lowest BCUT2D eigenvalue weighted by Gasteiger charge is -2.23. The first-order chi connectivity index (χ1) is 6.02. The zero-order valence-electron chi connectivity index (χ0n) is 8.37. The highest BCUT2D eigenvalue weighted by molar-refractivity contribution is 5.15. The minimum atomic E-state index is -0.850. The van der Waals surface area contributed by atoms with Gasteiger partial charge in [-0.25, -0.2) is 0 Å². The Hall–Kier alpha value is -0.800. The molecule has 1 rings (SSSR count). The molecule has 0 fully saturated rings. The Morgan fingerprint density at radius 1 is 1.62 bits per heavy atom. The highest BCUT2D eigenvalue weighted by atomic mass is 16.3. The van der Waals surface area contributed by atoms with Gasteiger partial charge in [-0.15, -0.1) is 0 Å².